The summed E-state index contributed by atoms with van der Waals surface area (Å²) >= 11 is 0. The third-order valence-electron chi connectivity index (χ3n) is 1.43. The van der Waals surface area contributed by atoms with E-state index in [0.29, 0.717) is 12.8 Å². The molecule has 14 heavy (non-hydrogen) atoms. The Bertz CT molecular complexity index is 251. The van der Waals surface area contributed by atoms with Gasteiger partial charge in [0.25, 0.3) is 0 Å². The van der Waals surface area contributed by atoms with E-state index >= 15 is 0 Å². The number of hydrogen-bond donors (Lipinski definition) is 0. The van der Waals surface area contributed by atoms with E-state index in [1.54, 1.807) is 6.92 Å². The first-order chi connectivity index (χ1) is 5.39. The van der Waals surface area contributed by atoms with Gasteiger partial charge < -0.3 is 14.5 Å². The monoisotopic (exact) mass is 240 g/mol. The van der Waals surface area contributed by atoms with Crippen molar-refractivity contribution in [2.75, 3.05) is 0 Å². The van der Waals surface area contributed by atoms with Crippen LogP contribution in [-0.4, -0.2) is 24.2 Å². The molecule has 0 aromatic carbocycles. The van der Waals surface area contributed by atoms with Gasteiger partial charge in [-0.05, 0) is 6.42 Å². The van der Waals surface area contributed by atoms with Crippen LogP contribution in [0.3, 0.4) is 0 Å². The normalized spacial score (nSPS) is 12.1. The van der Waals surface area contributed by atoms with Crippen LogP contribution in [0.25, 0.3) is 0 Å². The molecule has 0 aromatic rings. The zero-order valence-electron chi connectivity index (χ0n) is 8.65. The number of carboxylic acid groups (broad SMARTS) is 1. The van der Waals surface area contributed by atoms with Gasteiger partial charge in [0.2, 0.25) is 0 Å². The van der Waals surface area contributed by atoms with Crippen LogP contribution < -0.4 is 64.2 Å². The van der Waals surface area contributed by atoms with Gasteiger partial charge in [-0.2, -0.15) is 0 Å². The average Bonchev–Trinajstić information content (AvgIpc) is 1.84. The zero-order valence-corrected chi connectivity index (χ0v) is 13.5. The van der Waals surface area contributed by atoms with E-state index in [0.717, 1.165) is 0 Å². The summed E-state index contributed by atoms with van der Waals surface area (Å²) in [6.45, 7) is 1.77. The Hall–Kier alpha value is 1.38. The minimum absolute atomic E-state index is 0. The third-order valence-corrected chi connectivity index (χ3v) is 2.56. The molecule has 0 aromatic heterocycles. The molecule has 0 heterocycles. The summed E-state index contributed by atoms with van der Waals surface area (Å²) in [5.41, 5.74) is 0. The van der Waals surface area contributed by atoms with Crippen molar-refractivity contribution >= 4 is 16.1 Å². The Kier molecular flexibility index (Phi) is 14.2. The number of hydrogen-bond acceptors (Lipinski definition) is 5. The molecule has 0 aliphatic rings. The number of aliphatic carboxylic acids is 1. The first kappa shape index (κ1) is 20.8. The maximum atomic E-state index is 10.3. The van der Waals surface area contributed by atoms with Crippen molar-refractivity contribution in [1.82, 2.24) is 0 Å². The quantitative estimate of drug-likeness (QED) is 0.351. The van der Waals surface area contributed by atoms with Crippen molar-refractivity contribution in [2.24, 2.45) is 0 Å². The molecule has 1 atom stereocenters. The zero-order chi connectivity index (χ0) is 9.78. The van der Waals surface area contributed by atoms with Gasteiger partial charge in [0.15, 0.2) is 0 Å². The molecular weight excluding hydrogens is 230 g/mol. The molecule has 0 saturated heterocycles. The van der Waals surface area contributed by atoms with Gasteiger partial charge >= 0.3 is 59.1 Å². The fraction of sp³-hybridized carbons (Fsp3) is 0.833. The molecule has 0 amide bonds. The van der Waals surface area contributed by atoms with E-state index in [-0.39, 0.29) is 65.5 Å². The summed E-state index contributed by atoms with van der Waals surface area (Å²) in [7, 11) is -4.75. The van der Waals surface area contributed by atoms with Crippen molar-refractivity contribution in [3.63, 3.8) is 0 Å². The number of unbranched alkanes of at least 4 members (excludes halogenated alkanes) is 1. The van der Waals surface area contributed by atoms with E-state index in [4.69, 9.17) is 0 Å². The smallest absolute Gasteiger partial charge is 0.747 e. The van der Waals surface area contributed by atoms with Crippen LogP contribution in [0.2, 0.25) is 0 Å². The van der Waals surface area contributed by atoms with Crippen LogP contribution in [0, 0.1) is 0 Å². The Balaban J connectivity index is -0.000000605. The predicted molar refractivity (Wildman–Crippen MR) is 38.0 cm³/mol. The summed E-state index contributed by atoms with van der Waals surface area (Å²) in [6.07, 6.45) is 0.865. The summed E-state index contributed by atoms with van der Waals surface area (Å²) in [6, 6.07) is 0. The molecule has 0 bridgehead atoms. The Morgan fingerprint density at radius 3 is 2.00 bits per heavy atom. The molecule has 0 radical (unpaired) electrons. The summed E-state index contributed by atoms with van der Waals surface area (Å²) in [4.78, 5) is 10.2. The van der Waals surface area contributed by atoms with E-state index in [2.05, 4.69) is 0 Å². The fourth-order valence-electron chi connectivity index (χ4n) is 0.770. The van der Waals surface area contributed by atoms with Crippen LogP contribution in [0.4, 0.5) is 0 Å². The third kappa shape index (κ3) is 8.67. The fourth-order valence-corrected chi connectivity index (χ4v) is 1.46. The maximum Gasteiger partial charge on any atom is 1.00 e. The van der Waals surface area contributed by atoms with Crippen molar-refractivity contribution in [1.29, 1.82) is 0 Å². The van der Waals surface area contributed by atoms with Crippen molar-refractivity contribution in [3.05, 3.63) is 0 Å². The Morgan fingerprint density at radius 2 is 1.79 bits per heavy atom. The molecule has 72 valence electrons. The second kappa shape index (κ2) is 9.59. The molecule has 8 heteroatoms. The molecule has 0 saturated carbocycles. The van der Waals surface area contributed by atoms with Crippen molar-refractivity contribution in [3.8, 4) is 0 Å². The van der Waals surface area contributed by atoms with Crippen molar-refractivity contribution in [2.45, 2.75) is 31.4 Å². The van der Waals surface area contributed by atoms with Gasteiger partial charge in [-0.15, -0.1) is 0 Å². The number of rotatable bonds is 5. The van der Waals surface area contributed by atoms with Crippen LogP contribution in [0.1, 0.15) is 26.2 Å². The second-order valence-corrected chi connectivity index (χ2v) is 4.00. The van der Waals surface area contributed by atoms with Gasteiger partial charge in [0, 0.05) is 0 Å². The molecule has 0 unspecified atom stereocenters. The number of carbonyl (C=O) groups is 1. The van der Waals surface area contributed by atoms with Crippen LogP contribution in [0.5, 0.6) is 0 Å². The average molecular weight is 240 g/mol. The minimum Gasteiger partial charge on any atom is -0.747 e. The molecule has 0 rings (SSSR count). The minimum atomic E-state index is -4.75. The van der Waals surface area contributed by atoms with Crippen LogP contribution in [-0.2, 0) is 14.9 Å². The molecule has 5 nitrogen and oxygen atoms in total. The van der Waals surface area contributed by atoms with Crippen molar-refractivity contribution < 1.29 is 82.0 Å². The molecule has 0 aliphatic carbocycles. The van der Waals surface area contributed by atoms with E-state index < -0.39 is 21.3 Å². The second-order valence-electron chi connectivity index (χ2n) is 2.44. The van der Waals surface area contributed by atoms with Gasteiger partial charge in [-0.25, -0.2) is 8.42 Å². The van der Waals surface area contributed by atoms with Crippen LogP contribution >= 0.6 is 0 Å². The van der Waals surface area contributed by atoms with Gasteiger partial charge in [0.05, 0.1) is 11.2 Å². The topological polar surface area (TPSA) is 97.3 Å². The van der Waals surface area contributed by atoms with Gasteiger partial charge in [0.1, 0.15) is 10.1 Å². The largest absolute Gasteiger partial charge is 1.00 e. The summed E-state index contributed by atoms with van der Waals surface area (Å²) in [5.74, 6) is -1.81. The maximum absolute atomic E-state index is 10.3. The van der Waals surface area contributed by atoms with E-state index in [1.165, 1.54) is 0 Å². The number of carboxylic acids is 1. The van der Waals surface area contributed by atoms with Crippen LogP contribution in [0.15, 0.2) is 0 Å². The first-order valence-corrected chi connectivity index (χ1v) is 5.02. The summed E-state index contributed by atoms with van der Waals surface area (Å²) in [5, 5.41) is 8.27. The Morgan fingerprint density at radius 1 is 1.36 bits per heavy atom. The molecule has 0 fully saturated rings. The Labute approximate surface area is 128 Å². The number of carbonyl (C=O) groups excluding carboxylic acids is 1. The standard InChI is InChI=1S/C6H12O5S.2Na/c1-2-3-4-5(6(7)8)12(9,10)11;;/h5H,2-4H2,1H3,(H,7,8)(H,9,10,11);;/q;2*+1/p-2/t5-;;/m0../s1. The SMILES string of the molecule is CCCC[C@@H](C(=O)[O-])S(=O)(=O)[O-].[Na+].[Na+]. The predicted octanol–water partition coefficient (Wildman–Crippen LogP) is -7.15. The first-order valence-electron chi connectivity index (χ1n) is 3.55. The molecule has 0 spiro atoms. The van der Waals surface area contributed by atoms with E-state index in [9.17, 15) is 22.9 Å². The molecule has 0 aliphatic heterocycles. The molecular formula is C6H10Na2O5S. The van der Waals surface area contributed by atoms with Gasteiger partial charge in [-0.3, -0.25) is 0 Å². The van der Waals surface area contributed by atoms with Gasteiger partial charge in [-0.1, -0.05) is 19.8 Å². The van der Waals surface area contributed by atoms with E-state index in [1.807, 2.05) is 0 Å². The summed E-state index contributed by atoms with van der Waals surface area (Å²) < 4.78 is 30.9. The molecule has 0 N–H and O–H groups in total.